The molecule has 29 heavy (non-hydrogen) atoms. The SMILES string of the molecule is CCOC(=O)c1ccc(N2CCCN(c3noc(-c4ccccc4)n3)CC2)nc1. The van der Waals surface area contributed by atoms with Crippen LogP contribution in [0.5, 0.6) is 0 Å². The van der Waals surface area contributed by atoms with Crippen molar-refractivity contribution in [3.8, 4) is 11.5 Å². The molecule has 0 amide bonds. The molecule has 150 valence electrons. The molecule has 8 nitrogen and oxygen atoms in total. The molecule has 0 unspecified atom stereocenters. The Bertz CT molecular complexity index is 942. The maximum atomic E-state index is 11.8. The number of pyridine rings is 1. The summed E-state index contributed by atoms with van der Waals surface area (Å²) in [4.78, 5) is 25.1. The standard InChI is InChI=1S/C21H23N5O3/c1-2-28-20(27)17-9-10-18(22-15-17)25-11-6-12-26(14-13-25)21-23-19(29-24-21)16-7-4-3-5-8-16/h3-5,7-10,15H,2,6,11-14H2,1H3. The highest BCUT2D eigenvalue weighted by Gasteiger charge is 2.20. The lowest BCUT2D eigenvalue weighted by molar-refractivity contribution is 0.0526. The van der Waals surface area contributed by atoms with Gasteiger partial charge in [0.05, 0.1) is 12.2 Å². The van der Waals surface area contributed by atoms with Crippen LogP contribution in [-0.2, 0) is 4.74 Å². The van der Waals surface area contributed by atoms with E-state index >= 15 is 0 Å². The number of esters is 1. The topological polar surface area (TPSA) is 84.6 Å². The van der Waals surface area contributed by atoms with E-state index in [2.05, 4.69) is 24.9 Å². The monoisotopic (exact) mass is 393 g/mol. The van der Waals surface area contributed by atoms with Crippen LogP contribution in [0.25, 0.3) is 11.5 Å². The summed E-state index contributed by atoms with van der Waals surface area (Å²) in [6.07, 6.45) is 2.51. The summed E-state index contributed by atoms with van der Waals surface area (Å²) in [5.74, 6) is 1.63. The second kappa shape index (κ2) is 8.72. The van der Waals surface area contributed by atoms with E-state index in [4.69, 9.17) is 9.26 Å². The lowest BCUT2D eigenvalue weighted by atomic mass is 10.2. The van der Waals surface area contributed by atoms with E-state index in [-0.39, 0.29) is 5.97 Å². The number of carbonyl (C=O) groups is 1. The highest BCUT2D eigenvalue weighted by molar-refractivity contribution is 5.89. The van der Waals surface area contributed by atoms with Crippen molar-refractivity contribution in [1.29, 1.82) is 0 Å². The molecule has 1 aliphatic heterocycles. The quantitative estimate of drug-likeness (QED) is 0.612. The summed E-state index contributed by atoms with van der Waals surface area (Å²) >= 11 is 0. The fourth-order valence-corrected chi connectivity index (χ4v) is 3.30. The van der Waals surface area contributed by atoms with E-state index in [0.29, 0.717) is 24.0 Å². The molecular formula is C21H23N5O3. The Kier molecular flexibility index (Phi) is 5.69. The van der Waals surface area contributed by atoms with Crippen molar-refractivity contribution in [3.05, 3.63) is 54.2 Å². The van der Waals surface area contributed by atoms with E-state index in [1.54, 1.807) is 19.2 Å². The number of benzene rings is 1. The minimum Gasteiger partial charge on any atom is -0.462 e. The van der Waals surface area contributed by atoms with Crippen LogP contribution in [0.3, 0.4) is 0 Å². The van der Waals surface area contributed by atoms with Crippen molar-refractivity contribution >= 4 is 17.7 Å². The van der Waals surface area contributed by atoms with Crippen LogP contribution in [-0.4, -0.2) is 53.9 Å². The second-order valence-corrected chi connectivity index (χ2v) is 6.72. The number of rotatable bonds is 5. The zero-order valence-electron chi connectivity index (χ0n) is 16.3. The zero-order valence-corrected chi connectivity index (χ0v) is 16.3. The Morgan fingerprint density at radius 2 is 1.86 bits per heavy atom. The van der Waals surface area contributed by atoms with Gasteiger partial charge in [0.1, 0.15) is 5.82 Å². The third-order valence-electron chi connectivity index (χ3n) is 4.80. The highest BCUT2D eigenvalue weighted by Crippen LogP contribution is 2.22. The molecule has 2 aromatic heterocycles. The Labute approximate surface area is 169 Å². The summed E-state index contributed by atoms with van der Waals surface area (Å²) in [6, 6.07) is 13.4. The molecule has 4 rings (SSSR count). The molecule has 3 aromatic rings. The predicted molar refractivity (Wildman–Crippen MR) is 109 cm³/mol. The smallest absolute Gasteiger partial charge is 0.339 e. The molecule has 1 aromatic carbocycles. The third-order valence-corrected chi connectivity index (χ3v) is 4.80. The molecule has 1 aliphatic rings. The van der Waals surface area contributed by atoms with Crippen LogP contribution in [0.1, 0.15) is 23.7 Å². The van der Waals surface area contributed by atoms with Crippen LogP contribution in [0.15, 0.2) is 53.2 Å². The number of hydrogen-bond donors (Lipinski definition) is 0. The van der Waals surface area contributed by atoms with Crippen LogP contribution in [0, 0.1) is 0 Å². The average molecular weight is 393 g/mol. The highest BCUT2D eigenvalue weighted by atomic mass is 16.5. The van der Waals surface area contributed by atoms with Crippen molar-refractivity contribution in [2.45, 2.75) is 13.3 Å². The molecule has 0 aliphatic carbocycles. The van der Waals surface area contributed by atoms with Gasteiger partial charge in [-0.3, -0.25) is 0 Å². The Balaban J connectivity index is 1.41. The normalized spacial score (nSPS) is 14.5. The van der Waals surface area contributed by atoms with E-state index < -0.39 is 0 Å². The number of nitrogens with zero attached hydrogens (tertiary/aromatic N) is 5. The lowest BCUT2D eigenvalue weighted by Gasteiger charge is -2.22. The van der Waals surface area contributed by atoms with E-state index in [1.165, 1.54) is 0 Å². The first kappa shape index (κ1) is 18.9. The average Bonchev–Trinajstić information content (AvgIpc) is 3.13. The van der Waals surface area contributed by atoms with Crippen LogP contribution in [0.4, 0.5) is 11.8 Å². The Hall–Kier alpha value is -3.42. The fraction of sp³-hybridized carbons (Fsp3) is 0.333. The lowest BCUT2D eigenvalue weighted by Crippen LogP contribution is -2.31. The first-order valence-corrected chi connectivity index (χ1v) is 9.77. The molecular weight excluding hydrogens is 370 g/mol. The third kappa shape index (κ3) is 4.37. The fourth-order valence-electron chi connectivity index (χ4n) is 3.30. The number of ether oxygens (including phenoxy) is 1. The van der Waals surface area contributed by atoms with Gasteiger partial charge in [0.25, 0.3) is 11.8 Å². The number of carbonyl (C=O) groups excluding carboxylic acids is 1. The number of aromatic nitrogens is 3. The van der Waals surface area contributed by atoms with Gasteiger partial charge in [-0.2, -0.15) is 4.98 Å². The van der Waals surface area contributed by atoms with Gasteiger partial charge in [-0.15, -0.1) is 0 Å². The van der Waals surface area contributed by atoms with E-state index in [1.807, 2.05) is 36.4 Å². The summed E-state index contributed by atoms with van der Waals surface area (Å²) in [7, 11) is 0. The molecule has 0 atom stereocenters. The molecule has 0 bridgehead atoms. The summed E-state index contributed by atoms with van der Waals surface area (Å²) < 4.78 is 10.4. The van der Waals surface area contributed by atoms with Gasteiger partial charge in [0.15, 0.2) is 0 Å². The Morgan fingerprint density at radius 3 is 2.62 bits per heavy atom. The van der Waals surface area contributed by atoms with Crippen molar-refractivity contribution in [2.24, 2.45) is 0 Å². The van der Waals surface area contributed by atoms with Crippen molar-refractivity contribution in [1.82, 2.24) is 15.1 Å². The molecule has 0 spiro atoms. The van der Waals surface area contributed by atoms with Gasteiger partial charge in [-0.05, 0) is 42.8 Å². The molecule has 0 N–H and O–H groups in total. The molecule has 0 radical (unpaired) electrons. The zero-order chi connectivity index (χ0) is 20.1. The van der Waals surface area contributed by atoms with Gasteiger partial charge >= 0.3 is 5.97 Å². The molecule has 3 heterocycles. The largest absolute Gasteiger partial charge is 0.462 e. The summed E-state index contributed by atoms with van der Waals surface area (Å²) in [5.41, 5.74) is 1.38. The Morgan fingerprint density at radius 1 is 1.07 bits per heavy atom. The predicted octanol–water partition coefficient (Wildman–Crippen LogP) is 3.03. The second-order valence-electron chi connectivity index (χ2n) is 6.72. The minimum atomic E-state index is -0.347. The van der Waals surface area contributed by atoms with E-state index in [9.17, 15) is 4.79 Å². The van der Waals surface area contributed by atoms with Gasteiger partial charge in [-0.1, -0.05) is 18.2 Å². The van der Waals surface area contributed by atoms with Crippen LogP contribution >= 0.6 is 0 Å². The van der Waals surface area contributed by atoms with Gasteiger partial charge < -0.3 is 19.1 Å². The molecule has 0 saturated carbocycles. The first-order chi connectivity index (χ1) is 14.2. The minimum absolute atomic E-state index is 0.347. The number of hydrogen-bond acceptors (Lipinski definition) is 8. The molecule has 1 fully saturated rings. The van der Waals surface area contributed by atoms with Crippen molar-refractivity contribution in [3.63, 3.8) is 0 Å². The van der Waals surface area contributed by atoms with Crippen molar-refractivity contribution < 1.29 is 14.1 Å². The van der Waals surface area contributed by atoms with Gasteiger partial charge in [-0.25, -0.2) is 9.78 Å². The van der Waals surface area contributed by atoms with E-state index in [0.717, 1.165) is 44.0 Å². The van der Waals surface area contributed by atoms with Gasteiger partial charge in [0, 0.05) is 37.9 Å². The summed E-state index contributed by atoms with van der Waals surface area (Å²) in [6.45, 7) is 5.38. The molecule has 1 saturated heterocycles. The summed E-state index contributed by atoms with van der Waals surface area (Å²) in [5, 5.41) is 4.16. The number of anilines is 2. The van der Waals surface area contributed by atoms with Crippen LogP contribution < -0.4 is 9.80 Å². The first-order valence-electron chi connectivity index (χ1n) is 9.77. The maximum absolute atomic E-state index is 11.8. The van der Waals surface area contributed by atoms with Gasteiger partial charge in [0.2, 0.25) is 0 Å². The van der Waals surface area contributed by atoms with Crippen molar-refractivity contribution in [2.75, 3.05) is 42.6 Å². The molecule has 8 heteroatoms. The maximum Gasteiger partial charge on any atom is 0.339 e. The van der Waals surface area contributed by atoms with Crippen LogP contribution in [0.2, 0.25) is 0 Å².